The maximum absolute atomic E-state index is 11.5. The number of β-lactam (4-membered cyclic amide) rings is 1. The summed E-state index contributed by atoms with van der Waals surface area (Å²) in [5.41, 5.74) is 6.35. The lowest BCUT2D eigenvalue weighted by Crippen LogP contribution is -2.68. The summed E-state index contributed by atoms with van der Waals surface area (Å²) in [5, 5.41) is 8.91. The zero-order chi connectivity index (χ0) is 11.9. The highest BCUT2D eigenvalue weighted by Crippen LogP contribution is 2.39. The van der Waals surface area contributed by atoms with E-state index in [4.69, 9.17) is 10.8 Å². The molecule has 0 saturated carbocycles. The van der Waals surface area contributed by atoms with E-state index in [9.17, 15) is 9.59 Å². The number of hydrogen-bond acceptors (Lipinski definition) is 4. The minimum atomic E-state index is -1.07. The van der Waals surface area contributed by atoms with Gasteiger partial charge in [0.05, 0.1) is 0 Å². The van der Waals surface area contributed by atoms with Crippen LogP contribution in [0.2, 0.25) is 0 Å². The summed E-state index contributed by atoms with van der Waals surface area (Å²) in [6.45, 7) is 1.81. The molecular weight excluding hydrogens is 228 g/mol. The van der Waals surface area contributed by atoms with Crippen LogP contribution < -0.4 is 5.73 Å². The summed E-state index contributed by atoms with van der Waals surface area (Å²) in [4.78, 5) is 24.0. The minimum Gasteiger partial charge on any atom is -0.477 e. The smallest absolute Gasteiger partial charge is 0.352 e. The van der Waals surface area contributed by atoms with Crippen LogP contribution in [0.3, 0.4) is 0 Å². The van der Waals surface area contributed by atoms with Crippen molar-refractivity contribution in [3.05, 3.63) is 23.4 Å². The maximum Gasteiger partial charge on any atom is 0.352 e. The first-order chi connectivity index (χ1) is 7.57. The van der Waals surface area contributed by atoms with Gasteiger partial charge in [0.25, 0.3) is 0 Å². The van der Waals surface area contributed by atoms with Crippen molar-refractivity contribution in [1.29, 1.82) is 0 Å². The first kappa shape index (κ1) is 11.2. The van der Waals surface area contributed by atoms with Crippen LogP contribution in [0, 0.1) is 0 Å². The van der Waals surface area contributed by atoms with Crippen LogP contribution in [0.25, 0.3) is 0 Å². The fourth-order valence-corrected chi connectivity index (χ4v) is 3.13. The van der Waals surface area contributed by atoms with Gasteiger partial charge in [-0.05, 0) is 12.5 Å². The molecular formula is C10H12N2O3S. The van der Waals surface area contributed by atoms with Gasteiger partial charge in [-0.15, -0.1) is 11.8 Å². The maximum atomic E-state index is 11.5. The normalized spacial score (nSPS) is 29.4. The topological polar surface area (TPSA) is 83.6 Å². The Balaban J connectivity index is 2.41. The minimum absolute atomic E-state index is 0.0774. The number of allylic oxidation sites excluding steroid dienone is 2. The Hall–Kier alpha value is -1.27. The molecule has 0 radical (unpaired) electrons. The lowest BCUT2D eigenvalue weighted by molar-refractivity contribution is -0.147. The van der Waals surface area contributed by atoms with Crippen molar-refractivity contribution >= 4 is 23.6 Å². The molecule has 0 bridgehead atoms. The van der Waals surface area contributed by atoms with E-state index in [0.717, 1.165) is 0 Å². The van der Waals surface area contributed by atoms with E-state index in [1.165, 1.54) is 16.7 Å². The predicted molar refractivity (Wildman–Crippen MR) is 60.5 cm³/mol. The second kappa shape index (κ2) is 3.95. The summed E-state index contributed by atoms with van der Waals surface area (Å²) in [5.74, 6) is -0.802. The van der Waals surface area contributed by atoms with Gasteiger partial charge in [0.2, 0.25) is 5.91 Å². The summed E-state index contributed by atoms with van der Waals surface area (Å²) < 4.78 is 0. The van der Waals surface area contributed by atoms with Crippen LogP contribution in [0.15, 0.2) is 23.4 Å². The van der Waals surface area contributed by atoms with E-state index in [1.807, 2.05) is 6.92 Å². The molecule has 3 N–H and O–H groups in total. The highest BCUT2D eigenvalue weighted by molar-refractivity contribution is 8.00. The van der Waals surface area contributed by atoms with Crippen LogP contribution in [-0.2, 0) is 9.59 Å². The second-order valence-electron chi connectivity index (χ2n) is 3.61. The van der Waals surface area contributed by atoms with Crippen LogP contribution in [0.5, 0.6) is 0 Å². The predicted octanol–water partition coefficient (Wildman–Crippen LogP) is 0.144. The average molecular weight is 240 g/mol. The zero-order valence-electron chi connectivity index (χ0n) is 8.71. The van der Waals surface area contributed by atoms with Crippen molar-refractivity contribution in [3.63, 3.8) is 0 Å². The molecule has 2 aliphatic rings. The molecule has 0 aromatic carbocycles. The molecule has 2 atom stereocenters. The fourth-order valence-electron chi connectivity index (χ4n) is 1.87. The van der Waals surface area contributed by atoms with Crippen LogP contribution in [-0.4, -0.2) is 39.1 Å². The molecule has 2 rings (SSSR count). The molecule has 0 aliphatic carbocycles. The third-order valence-corrected chi connectivity index (χ3v) is 3.93. The third kappa shape index (κ3) is 1.45. The number of nitrogens with zero attached hydrogens (tertiary/aromatic N) is 1. The molecule has 1 fully saturated rings. The van der Waals surface area contributed by atoms with Crippen molar-refractivity contribution in [2.24, 2.45) is 5.73 Å². The van der Waals surface area contributed by atoms with E-state index >= 15 is 0 Å². The van der Waals surface area contributed by atoms with Crippen molar-refractivity contribution < 1.29 is 14.7 Å². The Bertz CT molecular complexity index is 416. The number of hydrogen-bond donors (Lipinski definition) is 2. The van der Waals surface area contributed by atoms with Crippen molar-refractivity contribution in [2.45, 2.75) is 18.3 Å². The van der Waals surface area contributed by atoms with Gasteiger partial charge in [-0.3, -0.25) is 9.69 Å². The molecule has 1 unspecified atom stereocenters. The van der Waals surface area contributed by atoms with Crippen LogP contribution in [0.4, 0.5) is 0 Å². The van der Waals surface area contributed by atoms with Gasteiger partial charge in [-0.25, -0.2) is 4.79 Å². The van der Waals surface area contributed by atoms with Gasteiger partial charge in [0.1, 0.15) is 17.1 Å². The monoisotopic (exact) mass is 240 g/mol. The quantitative estimate of drug-likeness (QED) is 0.671. The molecule has 1 amide bonds. The van der Waals surface area contributed by atoms with Crippen LogP contribution in [0.1, 0.15) is 6.92 Å². The lowest BCUT2D eigenvalue weighted by Gasteiger charge is -2.47. The molecule has 5 nitrogen and oxygen atoms in total. The molecule has 0 aromatic heterocycles. The summed E-state index contributed by atoms with van der Waals surface area (Å²) in [7, 11) is 0. The fraction of sp³-hybridized carbons (Fsp3) is 0.400. The lowest BCUT2D eigenvalue weighted by atomic mass is 10.0. The summed E-state index contributed by atoms with van der Waals surface area (Å²) in [6, 6.07) is -0.563. The van der Waals surface area contributed by atoms with Gasteiger partial charge < -0.3 is 10.8 Å². The number of fused-ring (bicyclic) bond motifs is 1. The average Bonchev–Trinajstić information content (AvgIpc) is 2.27. The molecule has 2 heterocycles. The van der Waals surface area contributed by atoms with Gasteiger partial charge in [-0.1, -0.05) is 12.2 Å². The van der Waals surface area contributed by atoms with Gasteiger partial charge in [0.15, 0.2) is 0 Å². The van der Waals surface area contributed by atoms with Crippen LogP contribution >= 0.6 is 11.8 Å². The molecule has 0 spiro atoms. The number of rotatable bonds is 2. The number of carboxylic acids is 1. The Morgan fingerprint density at radius 2 is 2.38 bits per heavy atom. The van der Waals surface area contributed by atoms with Crippen molar-refractivity contribution in [2.75, 3.05) is 5.75 Å². The van der Waals surface area contributed by atoms with Gasteiger partial charge >= 0.3 is 5.97 Å². The first-order valence-corrected chi connectivity index (χ1v) is 5.92. The van der Waals surface area contributed by atoms with Gasteiger partial charge in [-0.2, -0.15) is 0 Å². The number of carbonyl (C=O) groups excluding carboxylic acids is 1. The number of aliphatic carboxylic acids is 1. The number of amides is 1. The van der Waals surface area contributed by atoms with Crippen molar-refractivity contribution in [1.82, 2.24) is 4.90 Å². The van der Waals surface area contributed by atoms with E-state index < -0.39 is 12.0 Å². The Kier molecular flexibility index (Phi) is 2.77. The number of nitrogens with two attached hydrogens (primary N) is 1. The second-order valence-corrected chi connectivity index (χ2v) is 4.72. The van der Waals surface area contributed by atoms with E-state index in [1.54, 1.807) is 12.2 Å². The molecule has 1 saturated heterocycles. The Labute approximate surface area is 97.0 Å². The largest absolute Gasteiger partial charge is 0.477 e. The highest BCUT2D eigenvalue weighted by Gasteiger charge is 2.51. The molecule has 86 valence electrons. The summed E-state index contributed by atoms with van der Waals surface area (Å²) >= 11 is 1.50. The first-order valence-electron chi connectivity index (χ1n) is 4.87. The molecule has 0 aromatic rings. The standard InChI is InChI=1S/C10H12N2O3S/c1-2-3-5-4-16-9-6(11)8(13)12(9)7(5)10(14)15/h2-3,6,9H,4,11H2,1H3,(H,14,15)/b3-2-/t6?,9-/m0/s1. The van der Waals surface area contributed by atoms with Crippen molar-refractivity contribution in [3.8, 4) is 0 Å². The van der Waals surface area contributed by atoms with E-state index in [-0.39, 0.29) is 17.0 Å². The Morgan fingerprint density at radius 1 is 1.69 bits per heavy atom. The number of carboxylic acid groups (broad SMARTS) is 1. The third-order valence-electron chi connectivity index (χ3n) is 2.61. The van der Waals surface area contributed by atoms with Gasteiger partial charge in [0, 0.05) is 5.75 Å². The van der Waals surface area contributed by atoms with E-state index in [2.05, 4.69) is 0 Å². The zero-order valence-corrected chi connectivity index (χ0v) is 9.53. The number of thioether (sulfide) groups is 1. The number of carbonyl (C=O) groups is 2. The molecule has 16 heavy (non-hydrogen) atoms. The van der Waals surface area contributed by atoms with E-state index in [0.29, 0.717) is 11.3 Å². The SMILES string of the molecule is C/C=C\C1=C(C(=O)O)N2C(=O)C(N)[C@@H]2SC1. The highest BCUT2D eigenvalue weighted by atomic mass is 32.2. The molecule has 6 heteroatoms. The molecule has 2 aliphatic heterocycles. The Morgan fingerprint density at radius 3 is 2.94 bits per heavy atom. The summed E-state index contributed by atoms with van der Waals surface area (Å²) in [6.07, 6.45) is 3.49.